The predicted octanol–water partition coefficient (Wildman–Crippen LogP) is 4.96. The Balaban J connectivity index is 1.79. The van der Waals surface area contributed by atoms with Crippen LogP contribution in [-0.4, -0.2) is 94.1 Å². The zero-order chi connectivity index (χ0) is 32.9. The summed E-state index contributed by atoms with van der Waals surface area (Å²) in [7, 11) is 0. The molecule has 7 atom stereocenters. The van der Waals surface area contributed by atoms with Gasteiger partial charge in [0, 0.05) is 30.1 Å². The van der Waals surface area contributed by atoms with Gasteiger partial charge in [-0.05, 0) is 56.4 Å². The molecular formula is C35H50BrN3O6. The van der Waals surface area contributed by atoms with Gasteiger partial charge in [0.15, 0.2) is 0 Å². The summed E-state index contributed by atoms with van der Waals surface area (Å²) in [6, 6.07) is 5.73. The van der Waals surface area contributed by atoms with Gasteiger partial charge in [0.25, 0.3) is 0 Å². The highest BCUT2D eigenvalue weighted by Crippen LogP contribution is 2.61. The lowest BCUT2D eigenvalue weighted by molar-refractivity contribution is -0.151. The van der Waals surface area contributed by atoms with E-state index in [1.807, 2.05) is 45.0 Å². The normalized spacial score (nSPS) is 27.4. The minimum Gasteiger partial charge on any atom is -0.494 e. The van der Waals surface area contributed by atoms with E-state index < -0.39 is 35.6 Å². The van der Waals surface area contributed by atoms with E-state index in [1.54, 1.807) is 26.9 Å². The first kappa shape index (κ1) is 35.2. The Morgan fingerprint density at radius 3 is 2.42 bits per heavy atom. The van der Waals surface area contributed by atoms with Crippen LogP contribution in [0.2, 0.25) is 0 Å². The quantitative estimate of drug-likeness (QED) is 0.141. The van der Waals surface area contributed by atoms with Gasteiger partial charge in [-0.1, -0.05) is 61.7 Å². The minimum absolute atomic E-state index is 0.166. The van der Waals surface area contributed by atoms with E-state index in [1.165, 1.54) is 0 Å². The number of likely N-dealkylation sites (tertiary alicyclic amines) is 1. The molecule has 248 valence electrons. The van der Waals surface area contributed by atoms with Gasteiger partial charge < -0.3 is 29.3 Å². The largest absolute Gasteiger partial charge is 0.494 e. The number of hydrogen-bond acceptors (Lipinski definition) is 6. The molecule has 3 heterocycles. The van der Waals surface area contributed by atoms with Crippen molar-refractivity contribution in [2.24, 2.45) is 17.8 Å². The van der Waals surface area contributed by atoms with Crippen molar-refractivity contribution in [1.82, 2.24) is 9.80 Å². The summed E-state index contributed by atoms with van der Waals surface area (Å²) < 4.78 is 12.4. The maximum atomic E-state index is 14.7. The smallest absolute Gasteiger partial charge is 0.248 e. The Morgan fingerprint density at radius 2 is 1.84 bits per heavy atom. The molecule has 0 aromatic heterocycles. The predicted molar refractivity (Wildman–Crippen MR) is 179 cm³/mol. The number of rotatable bonds is 17. The molecule has 0 radical (unpaired) electrons. The van der Waals surface area contributed by atoms with Crippen molar-refractivity contribution in [2.75, 3.05) is 37.7 Å². The first-order valence-corrected chi connectivity index (χ1v) is 17.3. The number of ether oxygens (including phenoxy) is 2. The molecule has 0 saturated carbocycles. The monoisotopic (exact) mass is 687 g/mol. The highest BCUT2D eigenvalue weighted by atomic mass is 79.9. The fourth-order valence-electron chi connectivity index (χ4n) is 7.54. The standard InChI is InChI=1S/C35H50BrN3O6/c1-7-11-12-19-37(17-8-2)34(43)31-35-21-27(36)30(45-35)28(29(35)33(42)39(31)25(22-40)20-23(5)6)32(41)38(18-9-3)24-13-15-26(16-14-24)44-10-4/h8-9,13-16,23,25,27-31,40H,2-3,7,10-12,17-22H2,1,4-6H3/t25-,27?,28+,29+,30+,31?,35?/m1/s1. The molecule has 9 nitrogen and oxygen atoms in total. The minimum atomic E-state index is -1.21. The van der Waals surface area contributed by atoms with Crippen molar-refractivity contribution in [2.45, 2.75) is 88.4 Å². The highest BCUT2D eigenvalue weighted by molar-refractivity contribution is 9.09. The second-order valence-electron chi connectivity index (χ2n) is 12.8. The number of carbonyl (C=O) groups is 3. The summed E-state index contributed by atoms with van der Waals surface area (Å²) in [5.41, 5.74) is -0.553. The Labute approximate surface area is 276 Å². The molecule has 3 saturated heterocycles. The SMILES string of the molecule is C=CCN(CCCCC)C(=O)C1N([C@@H](CO)CC(C)C)C(=O)[C@@H]2[C@H](C(=O)N(CC=C)c3ccc(OCC)cc3)[C@H]3OC12CC3Br. The Hall–Kier alpha value is -2.69. The second kappa shape index (κ2) is 15.3. The number of amides is 3. The summed E-state index contributed by atoms with van der Waals surface area (Å²) in [6.07, 6.45) is 6.50. The number of benzene rings is 1. The van der Waals surface area contributed by atoms with Crippen molar-refractivity contribution >= 4 is 39.3 Å². The molecule has 3 aliphatic heterocycles. The molecule has 3 fully saturated rings. The number of hydrogen-bond donors (Lipinski definition) is 1. The third kappa shape index (κ3) is 6.74. The average molecular weight is 689 g/mol. The zero-order valence-corrected chi connectivity index (χ0v) is 28.8. The number of aliphatic hydroxyl groups is 1. The first-order valence-electron chi connectivity index (χ1n) is 16.4. The number of nitrogens with zero attached hydrogens (tertiary/aromatic N) is 3. The van der Waals surface area contributed by atoms with E-state index in [0.29, 0.717) is 44.0 Å². The highest BCUT2D eigenvalue weighted by Gasteiger charge is 2.77. The van der Waals surface area contributed by atoms with Gasteiger partial charge in [-0.2, -0.15) is 0 Å². The molecule has 1 aromatic rings. The third-order valence-corrected chi connectivity index (χ3v) is 10.2. The summed E-state index contributed by atoms with van der Waals surface area (Å²) in [5.74, 6) is -1.60. The Morgan fingerprint density at radius 1 is 1.16 bits per heavy atom. The molecule has 2 bridgehead atoms. The van der Waals surface area contributed by atoms with E-state index in [0.717, 1.165) is 19.3 Å². The molecule has 3 amide bonds. The van der Waals surface area contributed by atoms with Crippen LogP contribution in [0.1, 0.15) is 59.8 Å². The van der Waals surface area contributed by atoms with Crippen molar-refractivity contribution < 1.29 is 29.0 Å². The summed E-state index contributed by atoms with van der Waals surface area (Å²) in [4.78, 5) is 48.6. The van der Waals surface area contributed by atoms with Crippen LogP contribution in [0.5, 0.6) is 5.75 Å². The van der Waals surface area contributed by atoms with Gasteiger partial charge in [-0.25, -0.2) is 0 Å². The van der Waals surface area contributed by atoms with Crippen LogP contribution in [0.25, 0.3) is 0 Å². The van der Waals surface area contributed by atoms with Crippen LogP contribution in [0.4, 0.5) is 5.69 Å². The third-order valence-electron chi connectivity index (χ3n) is 9.32. The molecular weight excluding hydrogens is 638 g/mol. The number of alkyl halides is 1. The molecule has 3 unspecified atom stereocenters. The lowest BCUT2D eigenvalue weighted by Crippen LogP contribution is -2.59. The summed E-state index contributed by atoms with van der Waals surface area (Å²) in [6.45, 7) is 17.2. The molecule has 0 aliphatic carbocycles. The fraction of sp³-hybridized carbons (Fsp3) is 0.629. The molecule has 10 heteroatoms. The van der Waals surface area contributed by atoms with Gasteiger partial charge in [-0.15, -0.1) is 13.2 Å². The summed E-state index contributed by atoms with van der Waals surface area (Å²) >= 11 is 3.78. The molecule has 1 N–H and O–H groups in total. The van der Waals surface area contributed by atoms with E-state index in [4.69, 9.17) is 9.47 Å². The number of halogens is 1. The lowest BCUT2D eigenvalue weighted by atomic mass is 9.70. The van der Waals surface area contributed by atoms with Crippen LogP contribution in [0, 0.1) is 17.8 Å². The van der Waals surface area contributed by atoms with Crippen LogP contribution in [0.3, 0.4) is 0 Å². The van der Waals surface area contributed by atoms with E-state index in [2.05, 4.69) is 36.0 Å². The topological polar surface area (TPSA) is 99.6 Å². The van der Waals surface area contributed by atoms with Crippen LogP contribution >= 0.6 is 15.9 Å². The lowest BCUT2D eigenvalue weighted by Gasteiger charge is -2.40. The zero-order valence-electron chi connectivity index (χ0n) is 27.2. The van der Waals surface area contributed by atoms with Crippen molar-refractivity contribution in [3.63, 3.8) is 0 Å². The van der Waals surface area contributed by atoms with Crippen molar-refractivity contribution in [3.8, 4) is 5.75 Å². The van der Waals surface area contributed by atoms with Crippen molar-refractivity contribution in [1.29, 1.82) is 0 Å². The first-order chi connectivity index (χ1) is 21.6. The Bertz CT molecular complexity index is 1220. The van der Waals surface area contributed by atoms with E-state index >= 15 is 0 Å². The maximum absolute atomic E-state index is 14.7. The molecule has 4 rings (SSSR count). The average Bonchev–Trinajstić information content (AvgIpc) is 3.61. The van der Waals surface area contributed by atoms with Gasteiger partial charge >= 0.3 is 0 Å². The second-order valence-corrected chi connectivity index (χ2v) is 14.0. The number of carbonyl (C=O) groups excluding carboxylic acids is 3. The van der Waals surface area contributed by atoms with Gasteiger partial charge in [0.1, 0.15) is 17.4 Å². The molecule has 3 aliphatic rings. The number of fused-ring (bicyclic) bond motifs is 1. The summed E-state index contributed by atoms with van der Waals surface area (Å²) in [5, 5.41) is 10.6. The van der Waals surface area contributed by atoms with Crippen molar-refractivity contribution in [3.05, 3.63) is 49.6 Å². The number of anilines is 1. The van der Waals surface area contributed by atoms with Crippen LogP contribution in [-0.2, 0) is 19.1 Å². The number of aliphatic hydroxyl groups excluding tert-OH is 1. The fourth-order valence-corrected chi connectivity index (χ4v) is 8.48. The van der Waals surface area contributed by atoms with Gasteiger partial charge in [0.05, 0.1) is 37.2 Å². The van der Waals surface area contributed by atoms with Crippen LogP contribution < -0.4 is 9.64 Å². The van der Waals surface area contributed by atoms with Crippen LogP contribution in [0.15, 0.2) is 49.6 Å². The van der Waals surface area contributed by atoms with E-state index in [9.17, 15) is 19.5 Å². The van der Waals surface area contributed by atoms with E-state index in [-0.39, 0.29) is 41.6 Å². The maximum Gasteiger partial charge on any atom is 0.248 e. The Kier molecular flexibility index (Phi) is 11.9. The van der Waals surface area contributed by atoms with Gasteiger partial charge in [-0.3, -0.25) is 14.4 Å². The van der Waals surface area contributed by atoms with Gasteiger partial charge in [0.2, 0.25) is 17.7 Å². The molecule has 1 aromatic carbocycles. The molecule has 45 heavy (non-hydrogen) atoms. The number of unbranched alkanes of at least 4 members (excludes halogenated alkanes) is 2. The molecule has 1 spiro atoms.